The first kappa shape index (κ1) is 17.7. The number of halogens is 2. The van der Waals surface area contributed by atoms with Gasteiger partial charge in [-0.1, -0.05) is 59.6 Å². The summed E-state index contributed by atoms with van der Waals surface area (Å²) in [6.45, 7) is 1.53. The number of rotatable bonds is 3. The Balaban J connectivity index is 1.64. The quantitative estimate of drug-likeness (QED) is 0.726. The highest BCUT2D eigenvalue weighted by Crippen LogP contribution is 2.37. The summed E-state index contributed by atoms with van der Waals surface area (Å²) >= 11 is 14.4. The van der Waals surface area contributed by atoms with Crippen LogP contribution in [0, 0.1) is 0 Å². The highest BCUT2D eigenvalue weighted by molar-refractivity contribution is 7.99. The van der Waals surface area contributed by atoms with Crippen LogP contribution in [-0.2, 0) is 11.2 Å². The average molecular weight is 380 g/mol. The Kier molecular flexibility index (Phi) is 6.09. The third-order valence-corrected chi connectivity index (χ3v) is 6.27. The van der Waals surface area contributed by atoms with E-state index in [0.717, 1.165) is 35.8 Å². The molecule has 3 rings (SSSR count). The fourth-order valence-electron chi connectivity index (χ4n) is 2.92. The molecule has 0 saturated carbocycles. The predicted molar refractivity (Wildman–Crippen MR) is 103 cm³/mol. The molecule has 1 aliphatic heterocycles. The summed E-state index contributed by atoms with van der Waals surface area (Å²) in [6.07, 6.45) is 1.28. The molecular weight excluding hydrogens is 361 g/mol. The lowest BCUT2D eigenvalue weighted by Gasteiger charge is -2.21. The summed E-state index contributed by atoms with van der Waals surface area (Å²) in [5, 5.41) is 1.81. The van der Waals surface area contributed by atoms with E-state index in [0.29, 0.717) is 16.7 Å². The van der Waals surface area contributed by atoms with E-state index in [-0.39, 0.29) is 5.91 Å². The third kappa shape index (κ3) is 4.27. The van der Waals surface area contributed by atoms with Crippen molar-refractivity contribution in [2.45, 2.75) is 18.1 Å². The van der Waals surface area contributed by atoms with Crippen LogP contribution in [0.5, 0.6) is 0 Å². The maximum absolute atomic E-state index is 12.6. The largest absolute Gasteiger partial charge is 0.342 e. The van der Waals surface area contributed by atoms with Crippen LogP contribution in [0.25, 0.3) is 0 Å². The fraction of sp³-hybridized carbons (Fsp3) is 0.316. The maximum atomic E-state index is 12.6. The van der Waals surface area contributed by atoms with Gasteiger partial charge in [0.05, 0.1) is 6.42 Å². The second kappa shape index (κ2) is 8.28. The highest BCUT2D eigenvalue weighted by Gasteiger charge is 2.23. The molecule has 1 unspecified atom stereocenters. The minimum atomic E-state index is 0.142. The van der Waals surface area contributed by atoms with Crippen molar-refractivity contribution in [3.8, 4) is 0 Å². The van der Waals surface area contributed by atoms with Gasteiger partial charge in [0.1, 0.15) is 0 Å². The van der Waals surface area contributed by atoms with Crippen molar-refractivity contribution in [1.29, 1.82) is 0 Å². The Hall–Kier alpha value is -1.16. The number of nitrogens with zero attached hydrogens (tertiary/aromatic N) is 1. The molecule has 2 aromatic rings. The summed E-state index contributed by atoms with van der Waals surface area (Å²) in [5.74, 6) is 1.06. The van der Waals surface area contributed by atoms with E-state index in [4.69, 9.17) is 23.2 Å². The van der Waals surface area contributed by atoms with E-state index in [1.54, 1.807) is 0 Å². The molecule has 2 nitrogen and oxygen atoms in total. The Morgan fingerprint density at radius 2 is 1.75 bits per heavy atom. The van der Waals surface area contributed by atoms with Gasteiger partial charge in [-0.3, -0.25) is 4.79 Å². The summed E-state index contributed by atoms with van der Waals surface area (Å²) in [7, 11) is 0. The van der Waals surface area contributed by atoms with Crippen molar-refractivity contribution in [1.82, 2.24) is 4.90 Å². The number of carbonyl (C=O) groups excluding carboxylic acids is 1. The summed E-state index contributed by atoms with van der Waals surface area (Å²) in [4.78, 5) is 14.6. The number of carbonyl (C=O) groups is 1. The van der Waals surface area contributed by atoms with Gasteiger partial charge in [-0.25, -0.2) is 0 Å². The van der Waals surface area contributed by atoms with E-state index in [1.165, 1.54) is 5.56 Å². The maximum Gasteiger partial charge on any atom is 0.227 e. The van der Waals surface area contributed by atoms with Crippen molar-refractivity contribution in [3.05, 3.63) is 69.7 Å². The molecule has 1 heterocycles. The zero-order valence-corrected chi connectivity index (χ0v) is 15.6. The van der Waals surface area contributed by atoms with Crippen molar-refractivity contribution in [2.75, 3.05) is 18.8 Å². The molecule has 24 heavy (non-hydrogen) atoms. The minimum absolute atomic E-state index is 0.142. The third-order valence-electron chi connectivity index (χ3n) is 4.25. The number of hydrogen-bond acceptors (Lipinski definition) is 2. The van der Waals surface area contributed by atoms with Crippen LogP contribution in [0.1, 0.15) is 22.8 Å². The van der Waals surface area contributed by atoms with Gasteiger partial charge in [0.2, 0.25) is 5.91 Å². The topological polar surface area (TPSA) is 20.3 Å². The van der Waals surface area contributed by atoms with Gasteiger partial charge in [0.15, 0.2) is 0 Å². The van der Waals surface area contributed by atoms with Crippen molar-refractivity contribution >= 4 is 40.9 Å². The van der Waals surface area contributed by atoms with Crippen LogP contribution in [0.3, 0.4) is 0 Å². The first-order valence-corrected chi connectivity index (χ1v) is 9.83. The van der Waals surface area contributed by atoms with Gasteiger partial charge in [-0.15, -0.1) is 0 Å². The molecule has 2 aromatic carbocycles. The normalized spacial score (nSPS) is 18.2. The first-order chi connectivity index (χ1) is 11.6. The molecule has 5 heteroatoms. The lowest BCUT2D eigenvalue weighted by atomic mass is 10.1. The average Bonchev–Trinajstić information content (AvgIpc) is 2.83. The van der Waals surface area contributed by atoms with E-state index in [2.05, 4.69) is 6.07 Å². The lowest BCUT2D eigenvalue weighted by molar-refractivity contribution is -0.130. The number of hydrogen-bond donors (Lipinski definition) is 0. The second-order valence-corrected chi connectivity index (χ2v) is 7.94. The molecule has 1 atom stereocenters. The second-order valence-electron chi connectivity index (χ2n) is 5.82. The molecule has 126 valence electrons. The molecule has 0 spiro atoms. The Labute approximate surface area is 157 Å². The monoisotopic (exact) mass is 379 g/mol. The Morgan fingerprint density at radius 1 is 1.04 bits per heavy atom. The van der Waals surface area contributed by atoms with Crippen LogP contribution in [0.4, 0.5) is 0 Å². The fourth-order valence-corrected chi connectivity index (χ4v) is 4.72. The minimum Gasteiger partial charge on any atom is -0.342 e. The van der Waals surface area contributed by atoms with Gasteiger partial charge in [-0.05, 0) is 29.7 Å². The summed E-state index contributed by atoms with van der Waals surface area (Å²) < 4.78 is 0. The first-order valence-electron chi connectivity index (χ1n) is 8.02. The molecule has 1 aliphatic rings. The zero-order valence-electron chi connectivity index (χ0n) is 13.3. The van der Waals surface area contributed by atoms with Gasteiger partial charge in [0.25, 0.3) is 0 Å². The molecule has 1 saturated heterocycles. The molecule has 0 aliphatic carbocycles. The van der Waals surface area contributed by atoms with E-state index >= 15 is 0 Å². The van der Waals surface area contributed by atoms with Crippen LogP contribution in [0.2, 0.25) is 10.0 Å². The number of thioether (sulfide) groups is 1. The Bertz CT molecular complexity index is 722. The van der Waals surface area contributed by atoms with Gasteiger partial charge in [0, 0.05) is 34.1 Å². The molecule has 1 amide bonds. The Morgan fingerprint density at radius 3 is 2.50 bits per heavy atom. The molecule has 0 bridgehead atoms. The molecule has 1 fully saturated rings. The van der Waals surface area contributed by atoms with Crippen LogP contribution < -0.4 is 0 Å². The molecular formula is C19H19Cl2NOS. The van der Waals surface area contributed by atoms with Crippen LogP contribution in [0.15, 0.2) is 48.5 Å². The van der Waals surface area contributed by atoms with Gasteiger partial charge >= 0.3 is 0 Å². The van der Waals surface area contributed by atoms with E-state index < -0.39 is 0 Å². The van der Waals surface area contributed by atoms with Crippen molar-refractivity contribution in [3.63, 3.8) is 0 Å². The smallest absolute Gasteiger partial charge is 0.227 e. The SMILES string of the molecule is O=C(Cc1ccccc1Cl)N1CCSC(c2ccccc2Cl)CC1. The standard InChI is InChI=1S/C19H19Cl2NOS/c20-16-7-3-1-5-14(16)13-19(23)22-10-9-18(24-12-11-22)15-6-2-4-8-17(15)21/h1-8,18H,9-13H2. The molecule has 0 aromatic heterocycles. The number of amides is 1. The van der Waals surface area contributed by atoms with E-state index in [1.807, 2.05) is 59.1 Å². The predicted octanol–water partition coefficient (Wildman–Crippen LogP) is 5.24. The van der Waals surface area contributed by atoms with Crippen LogP contribution in [-0.4, -0.2) is 29.6 Å². The molecule has 0 N–H and O–H groups in total. The van der Waals surface area contributed by atoms with E-state index in [9.17, 15) is 4.79 Å². The van der Waals surface area contributed by atoms with Crippen molar-refractivity contribution < 1.29 is 4.79 Å². The molecule has 0 radical (unpaired) electrons. The highest BCUT2D eigenvalue weighted by atomic mass is 35.5. The number of benzene rings is 2. The lowest BCUT2D eigenvalue weighted by Crippen LogP contribution is -2.34. The zero-order chi connectivity index (χ0) is 16.9. The van der Waals surface area contributed by atoms with Crippen molar-refractivity contribution in [2.24, 2.45) is 0 Å². The van der Waals surface area contributed by atoms with Crippen LogP contribution >= 0.6 is 35.0 Å². The summed E-state index contributed by atoms with van der Waals surface area (Å²) in [6, 6.07) is 15.5. The summed E-state index contributed by atoms with van der Waals surface area (Å²) in [5.41, 5.74) is 2.06. The van der Waals surface area contributed by atoms with Gasteiger partial charge < -0.3 is 4.90 Å². The van der Waals surface area contributed by atoms with Gasteiger partial charge in [-0.2, -0.15) is 11.8 Å².